The van der Waals surface area contributed by atoms with Gasteiger partial charge in [-0.05, 0) is 26.7 Å². The number of hydrogen-bond donors (Lipinski definition) is 2. The number of amides is 1. The van der Waals surface area contributed by atoms with Gasteiger partial charge in [-0.3, -0.25) is 4.79 Å². The van der Waals surface area contributed by atoms with Crippen molar-refractivity contribution in [1.29, 1.82) is 0 Å². The van der Waals surface area contributed by atoms with Gasteiger partial charge in [-0.2, -0.15) is 0 Å². The zero-order chi connectivity index (χ0) is 14.8. The smallest absolute Gasteiger partial charge is 0.225 e. The third kappa shape index (κ3) is 3.32. The molecule has 1 amide bonds. The molecule has 0 unspecified atom stereocenters. The molecule has 0 aromatic carbocycles. The van der Waals surface area contributed by atoms with Crippen molar-refractivity contribution in [3.05, 3.63) is 17.6 Å². The predicted octanol–water partition coefficient (Wildman–Crippen LogP) is 0.398. The summed E-state index contributed by atoms with van der Waals surface area (Å²) >= 11 is 0. The van der Waals surface area contributed by atoms with E-state index in [1.807, 2.05) is 19.9 Å². The summed E-state index contributed by atoms with van der Waals surface area (Å²) in [6, 6.07) is 2.34. The van der Waals surface area contributed by atoms with Crippen LogP contribution in [0, 0.1) is 19.8 Å². The van der Waals surface area contributed by atoms with Gasteiger partial charge in [-0.15, -0.1) is 0 Å². The molecule has 21 heavy (non-hydrogen) atoms. The van der Waals surface area contributed by atoms with Crippen molar-refractivity contribution >= 4 is 11.7 Å². The maximum atomic E-state index is 11.9. The van der Waals surface area contributed by atoms with Gasteiger partial charge in [0.25, 0.3) is 0 Å². The molecule has 2 aliphatic heterocycles. The molecule has 6 nitrogen and oxygen atoms in total. The number of anilines is 1. The molecule has 6 heteroatoms. The summed E-state index contributed by atoms with van der Waals surface area (Å²) in [5.74, 6) is 2.21. The molecule has 2 fully saturated rings. The van der Waals surface area contributed by atoms with E-state index in [2.05, 4.69) is 25.5 Å². The topological polar surface area (TPSA) is 70.2 Å². The molecule has 0 atom stereocenters. The first-order valence-corrected chi connectivity index (χ1v) is 7.70. The Balaban J connectivity index is 1.53. The summed E-state index contributed by atoms with van der Waals surface area (Å²) in [5.41, 5.74) is 1.01. The van der Waals surface area contributed by atoms with E-state index in [1.165, 1.54) is 0 Å². The molecule has 1 aromatic rings. The summed E-state index contributed by atoms with van der Waals surface area (Å²) in [6.45, 7) is 7.44. The Morgan fingerprint density at radius 1 is 1.29 bits per heavy atom. The molecule has 3 rings (SSSR count). The predicted molar refractivity (Wildman–Crippen MR) is 81.2 cm³/mol. The number of nitrogens with one attached hydrogen (secondary N) is 2. The lowest BCUT2D eigenvalue weighted by atomic mass is 9.99. The minimum atomic E-state index is 0.176. The molecular formula is C15H23N5O. The first-order chi connectivity index (χ1) is 10.1. The third-order valence-electron chi connectivity index (χ3n) is 4.27. The van der Waals surface area contributed by atoms with Gasteiger partial charge in [0, 0.05) is 44.0 Å². The standard InChI is InChI=1S/C15H23N5O/c1-10-7-14(18-11(2)17-10)20-5-3-13(4-6-20)19-15(21)12-8-16-9-12/h7,12-13,16H,3-6,8-9H2,1-2H3,(H,19,21). The van der Waals surface area contributed by atoms with Gasteiger partial charge in [0.2, 0.25) is 5.91 Å². The zero-order valence-electron chi connectivity index (χ0n) is 12.7. The highest BCUT2D eigenvalue weighted by Gasteiger charge is 2.28. The molecule has 0 spiro atoms. The molecule has 1 aromatic heterocycles. The van der Waals surface area contributed by atoms with E-state index in [-0.39, 0.29) is 11.8 Å². The van der Waals surface area contributed by atoms with Crippen LogP contribution < -0.4 is 15.5 Å². The quantitative estimate of drug-likeness (QED) is 0.843. The molecule has 2 saturated heterocycles. The first-order valence-electron chi connectivity index (χ1n) is 7.70. The van der Waals surface area contributed by atoms with Crippen LogP contribution >= 0.6 is 0 Å². The highest BCUT2D eigenvalue weighted by atomic mass is 16.2. The van der Waals surface area contributed by atoms with E-state index in [4.69, 9.17) is 0 Å². The Kier molecular flexibility index (Phi) is 4.05. The first kappa shape index (κ1) is 14.3. The van der Waals surface area contributed by atoms with Crippen LogP contribution in [0.25, 0.3) is 0 Å². The van der Waals surface area contributed by atoms with Crippen molar-refractivity contribution < 1.29 is 4.79 Å². The van der Waals surface area contributed by atoms with Crippen LogP contribution in [0.15, 0.2) is 6.07 Å². The van der Waals surface area contributed by atoms with Crippen molar-refractivity contribution in [3.63, 3.8) is 0 Å². The second kappa shape index (κ2) is 5.97. The van der Waals surface area contributed by atoms with Crippen LogP contribution in [0.1, 0.15) is 24.4 Å². The number of aryl methyl sites for hydroxylation is 2. The molecule has 0 aliphatic carbocycles. The number of carbonyl (C=O) groups excluding carboxylic acids is 1. The number of rotatable bonds is 3. The molecular weight excluding hydrogens is 266 g/mol. The monoisotopic (exact) mass is 289 g/mol. The summed E-state index contributed by atoms with van der Waals surface area (Å²) in [4.78, 5) is 23.1. The van der Waals surface area contributed by atoms with E-state index in [1.54, 1.807) is 0 Å². The second-order valence-corrected chi connectivity index (χ2v) is 6.04. The van der Waals surface area contributed by atoms with Gasteiger partial charge in [-0.1, -0.05) is 0 Å². The number of hydrogen-bond acceptors (Lipinski definition) is 5. The molecule has 0 bridgehead atoms. The fourth-order valence-electron chi connectivity index (χ4n) is 2.91. The highest BCUT2D eigenvalue weighted by Crippen LogP contribution is 2.19. The molecule has 0 radical (unpaired) electrons. The lowest BCUT2D eigenvalue weighted by molar-refractivity contribution is -0.127. The molecule has 0 saturated carbocycles. The molecule has 2 N–H and O–H groups in total. The van der Waals surface area contributed by atoms with E-state index < -0.39 is 0 Å². The minimum Gasteiger partial charge on any atom is -0.356 e. The maximum absolute atomic E-state index is 11.9. The van der Waals surface area contributed by atoms with Gasteiger partial charge in [0.15, 0.2) is 0 Å². The van der Waals surface area contributed by atoms with Gasteiger partial charge < -0.3 is 15.5 Å². The number of nitrogens with zero attached hydrogens (tertiary/aromatic N) is 3. The normalized spacial score (nSPS) is 20.2. The Morgan fingerprint density at radius 3 is 2.57 bits per heavy atom. The Labute approximate surface area is 125 Å². The van der Waals surface area contributed by atoms with Gasteiger partial charge in [0.05, 0.1) is 5.92 Å². The highest BCUT2D eigenvalue weighted by molar-refractivity contribution is 5.80. The lowest BCUT2D eigenvalue weighted by Crippen LogP contribution is -2.54. The summed E-state index contributed by atoms with van der Waals surface area (Å²) in [7, 11) is 0. The Morgan fingerprint density at radius 2 is 2.00 bits per heavy atom. The largest absolute Gasteiger partial charge is 0.356 e. The second-order valence-electron chi connectivity index (χ2n) is 6.04. The zero-order valence-corrected chi connectivity index (χ0v) is 12.7. The SMILES string of the molecule is Cc1cc(N2CCC(NC(=O)C3CNC3)CC2)nc(C)n1. The number of carbonyl (C=O) groups is 1. The van der Waals surface area contributed by atoms with Crippen molar-refractivity contribution in [2.45, 2.75) is 32.7 Å². The van der Waals surface area contributed by atoms with Crippen LogP contribution in [0.2, 0.25) is 0 Å². The fraction of sp³-hybridized carbons (Fsp3) is 0.667. The summed E-state index contributed by atoms with van der Waals surface area (Å²) in [6.07, 6.45) is 1.96. The van der Waals surface area contributed by atoms with E-state index >= 15 is 0 Å². The average molecular weight is 289 g/mol. The minimum absolute atomic E-state index is 0.176. The van der Waals surface area contributed by atoms with Crippen molar-refractivity contribution in [3.8, 4) is 0 Å². The van der Waals surface area contributed by atoms with E-state index in [0.717, 1.165) is 56.4 Å². The Hall–Kier alpha value is -1.69. The third-order valence-corrected chi connectivity index (χ3v) is 4.27. The van der Waals surface area contributed by atoms with E-state index in [0.29, 0.717) is 6.04 Å². The lowest BCUT2D eigenvalue weighted by Gasteiger charge is -2.35. The van der Waals surface area contributed by atoms with Crippen LogP contribution in [-0.2, 0) is 4.79 Å². The average Bonchev–Trinajstić information content (AvgIpc) is 2.36. The van der Waals surface area contributed by atoms with Crippen LogP contribution in [-0.4, -0.2) is 48.1 Å². The summed E-state index contributed by atoms with van der Waals surface area (Å²) in [5, 5.41) is 6.31. The van der Waals surface area contributed by atoms with Crippen molar-refractivity contribution in [1.82, 2.24) is 20.6 Å². The van der Waals surface area contributed by atoms with Crippen molar-refractivity contribution in [2.75, 3.05) is 31.1 Å². The molecule has 2 aliphatic rings. The van der Waals surface area contributed by atoms with Gasteiger partial charge in [0.1, 0.15) is 11.6 Å². The van der Waals surface area contributed by atoms with Gasteiger partial charge >= 0.3 is 0 Å². The number of aromatic nitrogens is 2. The maximum Gasteiger partial charge on any atom is 0.225 e. The van der Waals surface area contributed by atoms with Crippen LogP contribution in [0.5, 0.6) is 0 Å². The van der Waals surface area contributed by atoms with Crippen LogP contribution in [0.3, 0.4) is 0 Å². The van der Waals surface area contributed by atoms with Crippen molar-refractivity contribution in [2.24, 2.45) is 5.92 Å². The summed E-state index contributed by atoms with van der Waals surface area (Å²) < 4.78 is 0. The molecule has 114 valence electrons. The van der Waals surface area contributed by atoms with E-state index in [9.17, 15) is 4.79 Å². The van der Waals surface area contributed by atoms with Crippen LogP contribution in [0.4, 0.5) is 5.82 Å². The Bertz CT molecular complexity index is 501. The molecule has 3 heterocycles. The number of piperidine rings is 1. The fourth-order valence-corrected chi connectivity index (χ4v) is 2.91. The van der Waals surface area contributed by atoms with Gasteiger partial charge in [-0.25, -0.2) is 9.97 Å².